The highest BCUT2D eigenvalue weighted by Crippen LogP contribution is 2.23. The maximum absolute atomic E-state index is 4.44. The van der Waals surface area contributed by atoms with Crippen molar-refractivity contribution in [2.24, 2.45) is 13.0 Å². The molecule has 1 unspecified atom stereocenters. The van der Waals surface area contributed by atoms with Crippen molar-refractivity contribution < 1.29 is 0 Å². The summed E-state index contributed by atoms with van der Waals surface area (Å²) < 4.78 is 3.18. The first-order valence-corrected chi connectivity index (χ1v) is 7.28. The molecule has 1 aromatic heterocycles. The average molecular weight is 302 g/mol. The molecule has 4 heteroatoms. The van der Waals surface area contributed by atoms with E-state index in [0.717, 1.165) is 25.2 Å². The Hall–Kier alpha value is -0.350. The van der Waals surface area contributed by atoms with Crippen LogP contribution in [0.1, 0.15) is 38.1 Å². The lowest BCUT2D eigenvalue weighted by molar-refractivity contribution is 0.448. The second-order valence-electron chi connectivity index (χ2n) is 4.65. The molecule has 0 aliphatic rings. The Morgan fingerprint density at radius 1 is 1.41 bits per heavy atom. The zero-order chi connectivity index (χ0) is 12.8. The van der Waals surface area contributed by atoms with Gasteiger partial charge in [-0.3, -0.25) is 4.68 Å². The van der Waals surface area contributed by atoms with Crippen LogP contribution in [0.2, 0.25) is 0 Å². The molecule has 0 aliphatic carbocycles. The van der Waals surface area contributed by atoms with E-state index in [1.54, 1.807) is 0 Å². The predicted octanol–water partition coefficient (Wildman–Crippen LogP) is 3.06. The van der Waals surface area contributed by atoms with Gasteiger partial charge in [0.2, 0.25) is 0 Å². The van der Waals surface area contributed by atoms with Crippen LogP contribution in [-0.2, 0) is 13.5 Å². The van der Waals surface area contributed by atoms with Crippen molar-refractivity contribution in [3.63, 3.8) is 0 Å². The van der Waals surface area contributed by atoms with Gasteiger partial charge < -0.3 is 5.32 Å². The first kappa shape index (κ1) is 14.7. The standard InChI is InChI=1S/C13H24BrN3/c1-5-7-15-9-11(6-2)8-12-13(14)10(3)16-17(12)4/h11,15H,5-9H2,1-4H3. The number of hydrogen-bond donors (Lipinski definition) is 1. The first-order chi connectivity index (χ1) is 8.10. The van der Waals surface area contributed by atoms with Crippen LogP contribution in [0, 0.1) is 12.8 Å². The van der Waals surface area contributed by atoms with Gasteiger partial charge in [0.15, 0.2) is 0 Å². The maximum atomic E-state index is 4.44. The minimum absolute atomic E-state index is 0.688. The van der Waals surface area contributed by atoms with E-state index in [4.69, 9.17) is 0 Å². The summed E-state index contributed by atoms with van der Waals surface area (Å²) in [4.78, 5) is 0. The largest absolute Gasteiger partial charge is 0.316 e. The summed E-state index contributed by atoms with van der Waals surface area (Å²) in [7, 11) is 2.03. The predicted molar refractivity (Wildman–Crippen MR) is 76.3 cm³/mol. The molecule has 17 heavy (non-hydrogen) atoms. The van der Waals surface area contributed by atoms with E-state index in [1.165, 1.54) is 23.0 Å². The van der Waals surface area contributed by atoms with Crippen LogP contribution in [0.4, 0.5) is 0 Å². The number of aryl methyl sites for hydroxylation is 2. The number of halogens is 1. The van der Waals surface area contributed by atoms with Crippen molar-refractivity contribution >= 4 is 15.9 Å². The molecule has 1 N–H and O–H groups in total. The lowest BCUT2D eigenvalue weighted by atomic mass is 10.00. The van der Waals surface area contributed by atoms with E-state index in [2.05, 4.69) is 40.2 Å². The van der Waals surface area contributed by atoms with Gasteiger partial charge in [0.1, 0.15) is 0 Å². The van der Waals surface area contributed by atoms with Gasteiger partial charge in [-0.25, -0.2) is 0 Å². The highest BCUT2D eigenvalue weighted by Gasteiger charge is 2.15. The number of nitrogens with one attached hydrogen (secondary N) is 1. The maximum Gasteiger partial charge on any atom is 0.0738 e. The van der Waals surface area contributed by atoms with Crippen molar-refractivity contribution in [1.29, 1.82) is 0 Å². The smallest absolute Gasteiger partial charge is 0.0738 e. The summed E-state index contributed by atoms with van der Waals surface area (Å²) >= 11 is 3.64. The molecule has 1 atom stereocenters. The molecule has 0 aromatic carbocycles. The van der Waals surface area contributed by atoms with Gasteiger partial charge in [-0.05, 0) is 54.7 Å². The van der Waals surface area contributed by atoms with E-state index in [-0.39, 0.29) is 0 Å². The summed E-state index contributed by atoms with van der Waals surface area (Å²) in [6, 6.07) is 0. The fraction of sp³-hybridized carbons (Fsp3) is 0.769. The molecule has 0 radical (unpaired) electrons. The van der Waals surface area contributed by atoms with Crippen LogP contribution in [0.5, 0.6) is 0 Å². The molecule has 0 spiro atoms. The minimum atomic E-state index is 0.688. The third kappa shape index (κ3) is 4.11. The second kappa shape index (κ2) is 7.17. The monoisotopic (exact) mass is 301 g/mol. The van der Waals surface area contributed by atoms with E-state index in [9.17, 15) is 0 Å². The van der Waals surface area contributed by atoms with Gasteiger partial charge in [0.25, 0.3) is 0 Å². The van der Waals surface area contributed by atoms with Crippen LogP contribution in [0.3, 0.4) is 0 Å². The van der Waals surface area contributed by atoms with Gasteiger partial charge in [0, 0.05) is 7.05 Å². The van der Waals surface area contributed by atoms with Gasteiger partial charge in [0.05, 0.1) is 15.9 Å². The lowest BCUT2D eigenvalue weighted by Crippen LogP contribution is -2.25. The molecule has 1 rings (SSSR count). The Kier molecular flexibility index (Phi) is 6.20. The second-order valence-corrected chi connectivity index (χ2v) is 5.45. The summed E-state index contributed by atoms with van der Waals surface area (Å²) in [5.74, 6) is 0.688. The summed E-state index contributed by atoms with van der Waals surface area (Å²) in [6.07, 6.45) is 3.49. The average Bonchev–Trinajstić information content (AvgIpc) is 2.54. The number of aromatic nitrogens is 2. The number of nitrogens with zero attached hydrogens (tertiary/aromatic N) is 2. The lowest BCUT2D eigenvalue weighted by Gasteiger charge is -2.16. The van der Waals surface area contributed by atoms with Crippen molar-refractivity contribution in [3.8, 4) is 0 Å². The highest BCUT2D eigenvalue weighted by molar-refractivity contribution is 9.10. The Balaban J connectivity index is 2.60. The van der Waals surface area contributed by atoms with Crippen molar-refractivity contribution in [1.82, 2.24) is 15.1 Å². The molecule has 0 fully saturated rings. The molecule has 1 aromatic rings. The zero-order valence-corrected chi connectivity index (χ0v) is 13.0. The van der Waals surface area contributed by atoms with Gasteiger partial charge in [-0.15, -0.1) is 0 Å². The fourth-order valence-electron chi connectivity index (χ4n) is 2.02. The van der Waals surface area contributed by atoms with Crippen LogP contribution in [0.25, 0.3) is 0 Å². The van der Waals surface area contributed by atoms with Gasteiger partial charge in [-0.1, -0.05) is 20.3 Å². The normalized spacial score (nSPS) is 13.0. The zero-order valence-electron chi connectivity index (χ0n) is 11.4. The molecule has 98 valence electrons. The molecular weight excluding hydrogens is 278 g/mol. The first-order valence-electron chi connectivity index (χ1n) is 6.48. The van der Waals surface area contributed by atoms with Gasteiger partial charge >= 0.3 is 0 Å². The molecule has 0 aliphatic heterocycles. The van der Waals surface area contributed by atoms with Crippen LogP contribution >= 0.6 is 15.9 Å². The summed E-state index contributed by atoms with van der Waals surface area (Å²) in [6.45, 7) is 8.72. The van der Waals surface area contributed by atoms with Crippen LogP contribution < -0.4 is 5.32 Å². The Morgan fingerprint density at radius 2 is 2.12 bits per heavy atom. The summed E-state index contributed by atoms with van der Waals surface area (Å²) in [5, 5.41) is 7.95. The quantitative estimate of drug-likeness (QED) is 0.785. The van der Waals surface area contributed by atoms with Crippen LogP contribution in [-0.4, -0.2) is 22.9 Å². The summed E-state index contributed by atoms with van der Waals surface area (Å²) in [5.41, 5.74) is 2.39. The molecule has 0 saturated carbocycles. The minimum Gasteiger partial charge on any atom is -0.316 e. The number of hydrogen-bond acceptors (Lipinski definition) is 2. The third-order valence-electron chi connectivity index (χ3n) is 3.18. The van der Waals surface area contributed by atoms with Crippen molar-refractivity contribution in [3.05, 3.63) is 15.9 Å². The Labute approximate surface area is 113 Å². The topological polar surface area (TPSA) is 29.9 Å². The third-order valence-corrected chi connectivity index (χ3v) is 4.21. The van der Waals surface area contributed by atoms with E-state index < -0.39 is 0 Å². The van der Waals surface area contributed by atoms with Crippen LogP contribution in [0.15, 0.2) is 4.47 Å². The number of rotatable bonds is 7. The molecule has 0 bridgehead atoms. The van der Waals surface area contributed by atoms with E-state index in [1.807, 2.05) is 18.7 Å². The van der Waals surface area contributed by atoms with Crippen molar-refractivity contribution in [2.75, 3.05) is 13.1 Å². The highest BCUT2D eigenvalue weighted by atomic mass is 79.9. The fourth-order valence-corrected chi connectivity index (χ4v) is 2.52. The molecule has 1 heterocycles. The molecule has 3 nitrogen and oxygen atoms in total. The SMILES string of the molecule is CCCNCC(CC)Cc1c(Br)c(C)nn1C. The molecule has 0 amide bonds. The van der Waals surface area contributed by atoms with E-state index >= 15 is 0 Å². The van der Waals surface area contributed by atoms with Gasteiger partial charge in [-0.2, -0.15) is 5.10 Å². The Bertz CT molecular complexity index is 347. The van der Waals surface area contributed by atoms with Crippen molar-refractivity contribution in [2.45, 2.75) is 40.0 Å². The Morgan fingerprint density at radius 3 is 2.59 bits per heavy atom. The van der Waals surface area contributed by atoms with E-state index in [0.29, 0.717) is 5.92 Å². The molecule has 0 saturated heterocycles. The molecular formula is C13H24BrN3.